The molecule has 0 aromatic rings. The second-order valence-corrected chi connectivity index (χ2v) is 3.19. The Bertz CT molecular complexity index is 232. The van der Waals surface area contributed by atoms with Crippen LogP contribution in [0.15, 0.2) is 0 Å². The van der Waals surface area contributed by atoms with Crippen LogP contribution in [-0.2, 0) is 14.3 Å². The molecule has 0 saturated carbocycles. The summed E-state index contributed by atoms with van der Waals surface area (Å²) in [5.41, 5.74) is 4.90. The van der Waals surface area contributed by atoms with Crippen LogP contribution < -0.4 is 16.4 Å². The first-order chi connectivity index (χ1) is 6.61. The standard InChI is InChI=1S/C8H15N3O3/c1-5-7(10-2-3-14-5)8(13)11-4-6(9)12/h5,7,10H,2-4H2,1H3,(H2,9,12)(H,11,13)/t5-,7+/m1/s1. The fourth-order valence-electron chi connectivity index (χ4n) is 1.31. The molecule has 0 unspecified atom stereocenters. The Kier molecular flexibility index (Phi) is 3.84. The highest BCUT2D eigenvalue weighted by Gasteiger charge is 2.27. The number of rotatable bonds is 3. The fourth-order valence-corrected chi connectivity index (χ4v) is 1.31. The van der Waals surface area contributed by atoms with E-state index in [1.54, 1.807) is 6.92 Å². The number of carbonyl (C=O) groups excluding carboxylic acids is 2. The van der Waals surface area contributed by atoms with E-state index in [2.05, 4.69) is 10.6 Å². The van der Waals surface area contributed by atoms with Crippen molar-refractivity contribution < 1.29 is 14.3 Å². The van der Waals surface area contributed by atoms with E-state index >= 15 is 0 Å². The SMILES string of the molecule is C[C@H]1OCCN[C@@H]1C(=O)NCC(N)=O. The van der Waals surface area contributed by atoms with E-state index in [1.807, 2.05) is 0 Å². The lowest BCUT2D eigenvalue weighted by molar-refractivity contribution is -0.130. The van der Waals surface area contributed by atoms with Crippen LogP contribution in [0.1, 0.15) is 6.92 Å². The molecule has 1 saturated heterocycles. The van der Waals surface area contributed by atoms with E-state index < -0.39 is 11.9 Å². The van der Waals surface area contributed by atoms with Crippen molar-refractivity contribution in [3.05, 3.63) is 0 Å². The van der Waals surface area contributed by atoms with Gasteiger partial charge in [-0.2, -0.15) is 0 Å². The minimum absolute atomic E-state index is 0.135. The van der Waals surface area contributed by atoms with Crippen LogP contribution in [0.5, 0.6) is 0 Å². The molecule has 1 fully saturated rings. The maximum Gasteiger partial charge on any atom is 0.240 e. The monoisotopic (exact) mass is 201 g/mol. The van der Waals surface area contributed by atoms with Gasteiger partial charge in [-0.05, 0) is 6.92 Å². The van der Waals surface area contributed by atoms with Gasteiger partial charge in [-0.3, -0.25) is 9.59 Å². The lowest BCUT2D eigenvalue weighted by Crippen LogP contribution is -2.56. The molecule has 4 N–H and O–H groups in total. The van der Waals surface area contributed by atoms with Gasteiger partial charge in [-0.1, -0.05) is 0 Å². The van der Waals surface area contributed by atoms with Crippen LogP contribution in [0.2, 0.25) is 0 Å². The zero-order valence-electron chi connectivity index (χ0n) is 8.08. The van der Waals surface area contributed by atoms with E-state index in [1.165, 1.54) is 0 Å². The third-order valence-electron chi connectivity index (χ3n) is 2.04. The van der Waals surface area contributed by atoms with Gasteiger partial charge in [-0.25, -0.2) is 0 Å². The third kappa shape index (κ3) is 2.97. The van der Waals surface area contributed by atoms with Crippen LogP contribution in [0.4, 0.5) is 0 Å². The van der Waals surface area contributed by atoms with Crippen molar-refractivity contribution in [2.45, 2.75) is 19.1 Å². The number of hydrogen-bond donors (Lipinski definition) is 3. The number of nitrogens with one attached hydrogen (secondary N) is 2. The predicted molar refractivity (Wildman–Crippen MR) is 49.4 cm³/mol. The Morgan fingerprint density at radius 2 is 2.36 bits per heavy atom. The summed E-state index contributed by atoms with van der Waals surface area (Å²) in [6.07, 6.45) is -0.184. The van der Waals surface area contributed by atoms with Crippen molar-refractivity contribution in [3.63, 3.8) is 0 Å². The van der Waals surface area contributed by atoms with E-state index in [0.717, 1.165) is 0 Å². The predicted octanol–water partition coefficient (Wildman–Crippen LogP) is -2.04. The summed E-state index contributed by atoms with van der Waals surface area (Å²) >= 11 is 0. The minimum Gasteiger partial charge on any atom is -0.375 e. The molecule has 80 valence electrons. The van der Waals surface area contributed by atoms with Gasteiger partial charge in [0.2, 0.25) is 11.8 Å². The molecule has 14 heavy (non-hydrogen) atoms. The molecule has 1 aliphatic heterocycles. The van der Waals surface area contributed by atoms with Crippen LogP contribution in [0.25, 0.3) is 0 Å². The number of amides is 2. The number of hydrogen-bond acceptors (Lipinski definition) is 4. The lowest BCUT2D eigenvalue weighted by Gasteiger charge is -2.29. The van der Waals surface area contributed by atoms with Crippen molar-refractivity contribution in [1.29, 1.82) is 0 Å². The van der Waals surface area contributed by atoms with Gasteiger partial charge in [-0.15, -0.1) is 0 Å². The Morgan fingerprint density at radius 3 is 2.93 bits per heavy atom. The Balaban J connectivity index is 2.38. The van der Waals surface area contributed by atoms with Crippen molar-refractivity contribution in [2.24, 2.45) is 5.73 Å². The third-order valence-corrected chi connectivity index (χ3v) is 2.04. The zero-order chi connectivity index (χ0) is 10.6. The van der Waals surface area contributed by atoms with Crippen molar-refractivity contribution in [3.8, 4) is 0 Å². The number of ether oxygens (including phenoxy) is 1. The Morgan fingerprint density at radius 1 is 1.64 bits per heavy atom. The molecule has 1 aliphatic rings. The number of morpholine rings is 1. The first-order valence-electron chi connectivity index (χ1n) is 4.52. The van der Waals surface area contributed by atoms with Gasteiger partial charge in [0, 0.05) is 6.54 Å². The summed E-state index contributed by atoms with van der Waals surface area (Å²) in [7, 11) is 0. The highest BCUT2D eigenvalue weighted by atomic mass is 16.5. The normalized spacial score (nSPS) is 26.9. The molecule has 1 rings (SSSR count). The van der Waals surface area contributed by atoms with Crippen molar-refractivity contribution >= 4 is 11.8 Å². The molecule has 0 aromatic carbocycles. The molecule has 1 heterocycles. The average molecular weight is 201 g/mol. The molecule has 6 heteroatoms. The van der Waals surface area contributed by atoms with Crippen LogP contribution >= 0.6 is 0 Å². The fraction of sp³-hybridized carbons (Fsp3) is 0.750. The maximum absolute atomic E-state index is 11.5. The highest BCUT2D eigenvalue weighted by Crippen LogP contribution is 2.03. The number of carbonyl (C=O) groups is 2. The topological polar surface area (TPSA) is 93.4 Å². The van der Waals surface area contributed by atoms with E-state index in [-0.39, 0.29) is 18.6 Å². The Hall–Kier alpha value is -1.14. The van der Waals surface area contributed by atoms with Gasteiger partial charge >= 0.3 is 0 Å². The van der Waals surface area contributed by atoms with E-state index in [0.29, 0.717) is 13.2 Å². The molecule has 0 aliphatic carbocycles. The quantitative estimate of drug-likeness (QED) is 0.490. The average Bonchev–Trinajstić information content (AvgIpc) is 2.15. The van der Waals surface area contributed by atoms with E-state index in [9.17, 15) is 9.59 Å². The first kappa shape index (κ1) is 10.9. The molecule has 6 nitrogen and oxygen atoms in total. The first-order valence-corrected chi connectivity index (χ1v) is 4.52. The molecular weight excluding hydrogens is 186 g/mol. The van der Waals surface area contributed by atoms with Crippen LogP contribution in [0, 0.1) is 0 Å². The van der Waals surface area contributed by atoms with E-state index in [4.69, 9.17) is 10.5 Å². The van der Waals surface area contributed by atoms with Crippen molar-refractivity contribution in [1.82, 2.24) is 10.6 Å². The Labute approximate surface area is 82.2 Å². The smallest absolute Gasteiger partial charge is 0.240 e. The second kappa shape index (κ2) is 4.92. The van der Waals surface area contributed by atoms with Crippen LogP contribution in [0.3, 0.4) is 0 Å². The summed E-state index contributed by atoms with van der Waals surface area (Å²) in [5.74, 6) is -0.807. The maximum atomic E-state index is 11.5. The summed E-state index contributed by atoms with van der Waals surface area (Å²) in [6, 6.07) is -0.400. The molecule has 0 spiro atoms. The number of primary amides is 1. The second-order valence-electron chi connectivity index (χ2n) is 3.19. The summed E-state index contributed by atoms with van der Waals surface area (Å²) < 4.78 is 5.28. The molecular formula is C8H15N3O3. The van der Waals surface area contributed by atoms with Gasteiger partial charge in [0.25, 0.3) is 0 Å². The van der Waals surface area contributed by atoms with Gasteiger partial charge in [0.1, 0.15) is 6.04 Å². The largest absolute Gasteiger partial charge is 0.375 e. The molecule has 0 aromatic heterocycles. The molecule has 2 atom stereocenters. The molecule has 0 bridgehead atoms. The van der Waals surface area contributed by atoms with Gasteiger partial charge in [0.05, 0.1) is 19.3 Å². The van der Waals surface area contributed by atoms with Gasteiger partial charge < -0.3 is 21.1 Å². The summed E-state index contributed by atoms with van der Waals surface area (Å²) in [6.45, 7) is 2.91. The highest BCUT2D eigenvalue weighted by molar-refractivity contribution is 5.87. The minimum atomic E-state index is -0.553. The van der Waals surface area contributed by atoms with Crippen LogP contribution in [-0.4, -0.2) is 43.7 Å². The zero-order valence-corrected chi connectivity index (χ0v) is 8.08. The summed E-state index contributed by atoms with van der Waals surface area (Å²) in [4.78, 5) is 21.9. The lowest BCUT2D eigenvalue weighted by atomic mass is 10.1. The molecule has 0 radical (unpaired) electrons. The number of nitrogens with two attached hydrogens (primary N) is 1. The molecule has 2 amide bonds. The summed E-state index contributed by atoms with van der Waals surface area (Å²) in [5, 5.41) is 5.43. The van der Waals surface area contributed by atoms with Crippen molar-refractivity contribution in [2.75, 3.05) is 19.7 Å². The van der Waals surface area contributed by atoms with Gasteiger partial charge in [0.15, 0.2) is 0 Å².